The smallest absolute Gasteiger partial charge is 0.161 e. The molecule has 2 aliphatic rings. The number of hydrogen-bond acceptors (Lipinski definition) is 5. The van der Waals surface area contributed by atoms with E-state index in [2.05, 4.69) is 29.2 Å². The highest BCUT2D eigenvalue weighted by Gasteiger charge is 2.49. The van der Waals surface area contributed by atoms with Crippen molar-refractivity contribution in [1.29, 1.82) is 0 Å². The first-order chi connectivity index (χ1) is 10.6. The van der Waals surface area contributed by atoms with Crippen molar-refractivity contribution >= 4 is 5.71 Å². The highest BCUT2D eigenvalue weighted by atomic mass is 16.5. The van der Waals surface area contributed by atoms with Gasteiger partial charge in [-0.1, -0.05) is 11.2 Å². The molecule has 0 amide bonds. The maximum Gasteiger partial charge on any atom is 0.161 e. The van der Waals surface area contributed by atoms with Gasteiger partial charge in [-0.15, -0.1) is 0 Å². The fourth-order valence-electron chi connectivity index (χ4n) is 4.17. The first-order valence-corrected chi connectivity index (χ1v) is 7.77. The Balaban J connectivity index is 2.01. The number of hydrogen-bond donors (Lipinski definition) is 1. The van der Waals surface area contributed by atoms with Crippen LogP contribution in [0.1, 0.15) is 31.2 Å². The largest absolute Gasteiger partial charge is 0.493 e. The standard InChI is InChI=1S/C17H24N2O3/c1-19-9-8-17(7-6-13(18-20)11-16(17)19)12-4-5-14(21-2)15(10-12)22-3/h4-5,10,16,20H,6-9,11H2,1-3H3/b18-13+/t16?,17-/m0/s1. The predicted octanol–water partition coefficient (Wildman–Crippen LogP) is 2.66. The Bertz CT molecular complexity index is 587. The number of rotatable bonds is 3. The van der Waals surface area contributed by atoms with Gasteiger partial charge in [-0.3, -0.25) is 0 Å². The number of ether oxygens (including phenoxy) is 2. The van der Waals surface area contributed by atoms with Crippen molar-refractivity contribution in [1.82, 2.24) is 4.90 Å². The van der Waals surface area contributed by atoms with E-state index in [0.717, 1.165) is 49.4 Å². The summed E-state index contributed by atoms with van der Waals surface area (Å²) in [6.07, 6.45) is 3.83. The molecule has 1 heterocycles. The summed E-state index contributed by atoms with van der Waals surface area (Å²) in [4.78, 5) is 2.39. The van der Waals surface area contributed by atoms with Crippen molar-refractivity contribution in [2.75, 3.05) is 27.8 Å². The van der Waals surface area contributed by atoms with Crippen LogP contribution in [0.3, 0.4) is 0 Å². The topological polar surface area (TPSA) is 54.3 Å². The van der Waals surface area contributed by atoms with E-state index >= 15 is 0 Å². The zero-order valence-electron chi connectivity index (χ0n) is 13.5. The maximum absolute atomic E-state index is 9.14. The van der Waals surface area contributed by atoms with Gasteiger partial charge in [-0.05, 0) is 50.6 Å². The molecule has 1 saturated heterocycles. The van der Waals surface area contributed by atoms with Crippen LogP contribution in [0.25, 0.3) is 0 Å². The molecule has 1 aliphatic carbocycles. The first kappa shape index (κ1) is 15.2. The van der Waals surface area contributed by atoms with Crippen molar-refractivity contribution in [2.24, 2.45) is 5.16 Å². The number of oxime groups is 1. The molecular weight excluding hydrogens is 280 g/mol. The molecular formula is C17H24N2O3. The molecule has 5 nitrogen and oxygen atoms in total. The fraction of sp³-hybridized carbons (Fsp3) is 0.588. The van der Waals surface area contributed by atoms with Crippen LogP contribution in [-0.4, -0.2) is 49.7 Å². The third kappa shape index (κ3) is 2.24. The van der Waals surface area contributed by atoms with Crippen LogP contribution in [0.5, 0.6) is 11.5 Å². The molecule has 0 bridgehead atoms. The lowest BCUT2D eigenvalue weighted by molar-refractivity contribution is 0.220. The molecule has 1 aliphatic heterocycles. The van der Waals surface area contributed by atoms with Crippen LogP contribution in [0.4, 0.5) is 0 Å². The van der Waals surface area contributed by atoms with Crippen molar-refractivity contribution in [3.05, 3.63) is 23.8 Å². The van der Waals surface area contributed by atoms with Crippen LogP contribution < -0.4 is 9.47 Å². The minimum atomic E-state index is 0.114. The minimum Gasteiger partial charge on any atom is -0.493 e. The summed E-state index contributed by atoms with van der Waals surface area (Å²) in [6, 6.07) is 6.65. The molecule has 1 aromatic carbocycles. The maximum atomic E-state index is 9.14. The lowest BCUT2D eigenvalue weighted by Crippen LogP contribution is -2.46. The van der Waals surface area contributed by atoms with Gasteiger partial charge in [0.2, 0.25) is 0 Å². The van der Waals surface area contributed by atoms with Crippen molar-refractivity contribution in [3.8, 4) is 11.5 Å². The minimum absolute atomic E-state index is 0.114. The molecule has 1 unspecified atom stereocenters. The van der Waals surface area contributed by atoms with E-state index < -0.39 is 0 Å². The number of benzene rings is 1. The highest BCUT2D eigenvalue weighted by Crippen LogP contribution is 2.49. The first-order valence-electron chi connectivity index (χ1n) is 7.77. The Morgan fingerprint density at radius 1 is 1.23 bits per heavy atom. The number of likely N-dealkylation sites (N-methyl/N-ethyl adjacent to an activating group) is 1. The van der Waals surface area contributed by atoms with E-state index in [9.17, 15) is 0 Å². The molecule has 2 fully saturated rings. The Morgan fingerprint density at radius 3 is 2.68 bits per heavy atom. The van der Waals surface area contributed by atoms with Crippen LogP contribution in [0, 0.1) is 0 Å². The molecule has 22 heavy (non-hydrogen) atoms. The normalized spacial score (nSPS) is 30.3. The van der Waals surface area contributed by atoms with Gasteiger partial charge < -0.3 is 19.6 Å². The molecule has 3 rings (SSSR count). The summed E-state index contributed by atoms with van der Waals surface area (Å²) < 4.78 is 10.8. The predicted molar refractivity (Wildman–Crippen MR) is 85.3 cm³/mol. The van der Waals surface area contributed by atoms with E-state index in [4.69, 9.17) is 14.7 Å². The second kappa shape index (κ2) is 5.80. The monoisotopic (exact) mass is 304 g/mol. The van der Waals surface area contributed by atoms with Crippen molar-refractivity contribution in [3.63, 3.8) is 0 Å². The van der Waals surface area contributed by atoms with Gasteiger partial charge in [0.15, 0.2) is 11.5 Å². The summed E-state index contributed by atoms with van der Waals surface area (Å²) in [5, 5.41) is 12.6. The number of fused-ring (bicyclic) bond motifs is 1. The number of likely N-dealkylation sites (tertiary alicyclic amines) is 1. The van der Waals surface area contributed by atoms with Gasteiger partial charge >= 0.3 is 0 Å². The van der Waals surface area contributed by atoms with Gasteiger partial charge in [-0.2, -0.15) is 0 Å². The summed E-state index contributed by atoms with van der Waals surface area (Å²) in [7, 11) is 5.50. The van der Waals surface area contributed by atoms with Gasteiger partial charge in [-0.25, -0.2) is 0 Å². The molecule has 1 N–H and O–H groups in total. The third-order valence-corrected chi connectivity index (χ3v) is 5.47. The summed E-state index contributed by atoms with van der Waals surface area (Å²) in [6.45, 7) is 1.07. The molecule has 0 radical (unpaired) electrons. The van der Waals surface area contributed by atoms with Crippen LogP contribution in [-0.2, 0) is 5.41 Å². The zero-order chi connectivity index (χ0) is 15.7. The van der Waals surface area contributed by atoms with Crippen LogP contribution in [0.2, 0.25) is 0 Å². The Labute approximate surface area is 131 Å². The summed E-state index contributed by atoms with van der Waals surface area (Å²) >= 11 is 0. The highest BCUT2D eigenvalue weighted by molar-refractivity contribution is 5.86. The van der Waals surface area contributed by atoms with Crippen molar-refractivity contribution in [2.45, 2.75) is 37.1 Å². The Morgan fingerprint density at radius 2 is 2.00 bits per heavy atom. The van der Waals surface area contributed by atoms with Gasteiger partial charge in [0.25, 0.3) is 0 Å². The zero-order valence-corrected chi connectivity index (χ0v) is 13.5. The van der Waals surface area contributed by atoms with Crippen LogP contribution in [0.15, 0.2) is 23.4 Å². The lowest BCUT2D eigenvalue weighted by atomic mass is 9.65. The summed E-state index contributed by atoms with van der Waals surface area (Å²) in [5.74, 6) is 1.54. The quantitative estimate of drug-likeness (QED) is 0.689. The molecule has 0 aromatic heterocycles. The molecule has 1 aromatic rings. The van der Waals surface area contributed by atoms with Gasteiger partial charge in [0.1, 0.15) is 0 Å². The van der Waals surface area contributed by atoms with E-state index in [1.165, 1.54) is 5.56 Å². The second-order valence-corrected chi connectivity index (χ2v) is 6.34. The average molecular weight is 304 g/mol. The lowest BCUT2D eigenvalue weighted by Gasteiger charge is -2.42. The van der Waals surface area contributed by atoms with E-state index in [-0.39, 0.29) is 5.41 Å². The van der Waals surface area contributed by atoms with E-state index in [1.807, 2.05) is 6.07 Å². The molecule has 0 spiro atoms. The SMILES string of the molecule is COc1ccc([C@@]23CC/C(=N\O)CC2N(C)CC3)cc1OC. The average Bonchev–Trinajstić information content (AvgIpc) is 2.91. The van der Waals surface area contributed by atoms with E-state index in [0.29, 0.717) is 6.04 Å². The Kier molecular flexibility index (Phi) is 4.00. The third-order valence-electron chi connectivity index (χ3n) is 5.47. The summed E-state index contributed by atoms with van der Waals surface area (Å²) in [5.41, 5.74) is 2.33. The van der Waals surface area contributed by atoms with Crippen LogP contribution >= 0.6 is 0 Å². The van der Waals surface area contributed by atoms with Gasteiger partial charge in [0, 0.05) is 17.9 Å². The molecule has 5 heteroatoms. The molecule has 1 saturated carbocycles. The van der Waals surface area contributed by atoms with Gasteiger partial charge in [0.05, 0.1) is 19.9 Å². The molecule has 120 valence electrons. The Hall–Kier alpha value is -1.75. The second-order valence-electron chi connectivity index (χ2n) is 6.34. The van der Waals surface area contributed by atoms with Crippen molar-refractivity contribution < 1.29 is 14.7 Å². The number of methoxy groups -OCH3 is 2. The molecule has 2 atom stereocenters. The fourth-order valence-corrected chi connectivity index (χ4v) is 4.17. The number of nitrogens with zero attached hydrogens (tertiary/aromatic N) is 2. The van der Waals surface area contributed by atoms with E-state index in [1.54, 1.807) is 14.2 Å².